The summed E-state index contributed by atoms with van der Waals surface area (Å²) in [7, 11) is 0. The molecule has 1 aliphatic rings. The zero-order chi connectivity index (χ0) is 21.0. The van der Waals surface area contributed by atoms with Gasteiger partial charge in [-0.05, 0) is 62.6 Å². The van der Waals surface area contributed by atoms with Crippen LogP contribution in [-0.4, -0.2) is 10.9 Å². The summed E-state index contributed by atoms with van der Waals surface area (Å²) in [5.41, 5.74) is 8.68. The Morgan fingerprint density at radius 2 is 1.67 bits per heavy atom. The SMILES string of the molecule is Cc1cc(C)cc(-c2nccc3c(C)c(-c4ccc5c(c4)CCC(F)(F)C5)oc23)c1. The lowest BCUT2D eigenvalue weighted by Crippen LogP contribution is -2.25. The van der Waals surface area contributed by atoms with Crippen molar-refractivity contribution in [3.8, 4) is 22.6 Å². The molecule has 0 saturated heterocycles. The Balaban J connectivity index is 1.64. The van der Waals surface area contributed by atoms with Crippen molar-refractivity contribution in [2.24, 2.45) is 0 Å². The molecule has 0 bridgehead atoms. The highest BCUT2D eigenvalue weighted by atomic mass is 19.3. The predicted molar refractivity (Wildman–Crippen MR) is 116 cm³/mol. The number of aromatic nitrogens is 1. The zero-order valence-corrected chi connectivity index (χ0v) is 17.4. The third-order valence-electron chi connectivity index (χ3n) is 6.03. The predicted octanol–water partition coefficient (Wildman–Crippen LogP) is 7.21. The van der Waals surface area contributed by atoms with E-state index >= 15 is 0 Å². The molecule has 0 unspecified atom stereocenters. The molecule has 0 saturated carbocycles. The number of rotatable bonds is 2. The highest BCUT2D eigenvalue weighted by Gasteiger charge is 2.34. The van der Waals surface area contributed by atoms with E-state index in [-0.39, 0.29) is 12.8 Å². The van der Waals surface area contributed by atoms with E-state index in [9.17, 15) is 8.78 Å². The van der Waals surface area contributed by atoms with E-state index in [1.165, 1.54) is 11.1 Å². The number of alkyl halides is 2. The molecule has 2 nitrogen and oxygen atoms in total. The van der Waals surface area contributed by atoms with E-state index < -0.39 is 5.92 Å². The fraction of sp³-hybridized carbons (Fsp3) is 0.269. The summed E-state index contributed by atoms with van der Waals surface area (Å²) in [4.78, 5) is 4.62. The average molecular weight is 403 g/mol. The van der Waals surface area contributed by atoms with Gasteiger partial charge in [-0.1, -0.05) is 29.3 Å². The van der Waals surface area contributed by atoms with Crippen LogP contribution in [-0.2, 0) is 12.8 Å². The van der Waals surface area contributed by atoms with Gasteiger partial charge in [-0.15, -0.1) is 0 Å². The summed E-state index contributed by atoms with van der Waals surface area (Å²) in [5.74, 6) is -1.82. The van der Waals surface area contributed by atoms with Crippen molar-refractivity contribution in [3.63, 3.8) is 0 Å². The maximum atomic E-state index is 13.7. The number of hydrogen-bond donors (Lipinski definition) is 0. The Morgan fingerprint density at radius 3 is 2.43 bits per heavy atom. The van der Waals surface area contributed by atoms with Crippen molar-refractivity contribution < 1.29 is 13.2 Å². The van der Waals surface area contributed by atoms with E-state index in [0.717, 1.165) is 50.2 Å². The Kier molecular flexibility index (Phi) is 4.28. The lowest BCUT2D eigenvalue weighted by molar-refractivity contribution is -0.0122. The lowest BCUT2D eigenvalue weighted by atomic mass is 9.87. The minimum absolute atomic E-state index is 0.0939. The first kappa shape index (κ1) is 19.0. The molecule has 0 fully saturated rings. The van der Waals surface area contributed by atoms with Crippen molar-refractivity contribution in [2.75, 3.05) is 0 Å². The molecule has 30 heavy (non-hydrogen) atoms. The van der Waals surface area contributed by atoms with E-state index in [1.807, 2.05) is 37.4 Å². The molecule has 2 aromatic carbocycles. The normalized spacial score (nSPS) is 15.4. The smallest absolute Gasteiger partial charge is 0.252 e. The van der Waals surface area contributed by atoms with E-state index in [1.54, 1.807) is 0 Å². The number of halogens is 2. The van der Waals surface area contributed by atoms with Gasteiger partial charge in [0.1, 0.15) is 11.5 Å². The summed E-state index contributed by atoms with van der Waals surface area (Å²) in [6, 6.07) is 14.1. The number of pyridine rings is 1. The Morgan fingerprint density at radius 1 is 0.900 bits per heavy atom. The lowest BCUT2D eigenvalue weighted by Gasteiger charge is -2.24. The van der Waals surface area contributed by atoms with Crippen LogP contribution in [0.2, 0.25) is 0 Å². The fourth-order valence-corrected chi connectivity index (χ4v) is 4.60. The van der Waals surface area contributed by atoms with Gasteiger partial charge in [-0.25, -0.2) is 8.78 Å². The topological polar surface area (TPSA) is 26.0 Å². The monoisotopic (exact) mass is 403 g/mol. The van der Waals surface area contributed by atoms with Crippen molar-refractivity contribution >= 4 is 11.0 Å². The second-order valence-corrected chi connectivity index (χ2v) is 8.49. The minimum Gasteiger partial charge on any atom is -0.453 e. The van der Waals surface area contributed by atoms with Gasteiger partial charge in [-0.2, -0.15) is 0 Å². The molecule has 0 aliphatic heterocycles. The van der Waals surface area contributed by atoms with Gasteiger partial charge < -0.3 is 4.42 Å². The maximum Gasteiger partial charge on any atom is 0.252 e. The Labute approximate surface area is 174 Å². The van der Waals surface area contributed by atoms with Gasteiger partial charge in [0, 0.05) is 41.1 Å². The molecule has 5 rings (SSSR count). The molecule has 152 valence electrons. The van der Waals surface area contributed by atoms with Crippen molar-refractivity contribution in [1.29, 1.82) is 0 Å². The van der Waals surface area contributed by atoms with Crippen molar-refractivity contribution in [3.05, 3.63) is 76.5 Å². The second kappa shape index (κ2) is 6.76. The quantitative estimate of drug-likeness (QED) is 0.353. The van der Waals surface area contributed by atoms with Crippen LogP contribution in [0.4, 0.5) is 8.78 Å². The van der Waals surface area contributed by atoms with Crippen molar-refractivity contribution in [2.45, 2.75) is 46.0 Å². The van der Waals surface area contributed by atoms with Gasteiger partial charge in [0.05, 0.1) is 0 Å². The average Bonchev–Trinajstić information content (AvgIpc) is 3.03. The molecule has 4 heteroatoms. The maximum absolute atomic E-state index is 13.7. The number of benzene rings is 2. The highest BCUT2D eigenvalue weighted by molar-refractivity contribution is 5.96. The molecule has 2 heterocycles. The molecule has 2 aromatic heterocycles. The van der Waals surface area contributed by atoms with Crippen LogP contribution in [0.5, 0.6) is 0 Å². The first-order valence-corrected chi connectivity index (χ1v) is 10.3. The van der Waals surface area contributed by atoms with Gasteiger partial charge in [0.2, 0.25) is 0 Å². The van der Waals surface area contributed by atoms with Gasteiger partial charge in [-0.3, -0.25) is 4.98 Å². The highest BCUT2D eigenvalue weighted by Crippen LogP contribution is 2.40. The van der Waals surface area contributed by atoms with Gasteiger partial charge in [0.25, 0.3) is 5.92 Å². The molecule has 0 spiro atoms. The summed E-state index contributed by atoms with van der Waals surface area (Å²) >= 11 is 0. The van der Waals surface area contributed by atoms with Crippen LogP contribution in [0.1, 0.15) is 34.2 Å². The van der Waals surface area contributed by atoms with Crippen LogP contribution in [0.15, 0.2) is 53.1 Å². The molecule has 0 N–H and O–H groups in total. The minimum atomic E-state index is -2.60. The molecule has 0 atom stereocenters. The molecule has 0 radical (unpaired) electrons. The number of nitrogens with zero attached hydrogens (tertiary/aromatic N) is 1. The first-order chi connectivity index (χ1) is 14.3. The first-order valence-electron chi connectivity index (χ1n) is 10.3. The Hall–Kier alpha value is -3.01. The van der Waals surface area contributed by atoms with Gasteiger partial charge >= 0.3 is 0 Å². The standard InChI is InChI=1S/C26H23F2NO/c1-15-10-16(2)12-21(11-15)23-25-22(7-9-29-23)17(3)24(30-25)19-4-5-20-14-26(27,28)8-6-18(20)13-19/h4-5,7,9-13H,6,8,14H2,1-3H3. The molecular weight excluding hydrogens is 380 g/mol. The number of aryl methyl sites for hydroxylation is 4. The second-order valence-electron chi connectivity index (χ2n) is 8.49. The summed E-state index contributed by atoms with van der Waals surface area (Å²) in [6.45, 7) is 6.19. The molecule has 4 aromatic rings. The molecule has 1 aliphatic carbocycles. The number of fused-ring (bicyclic) bond motifs is 2. The third-order valence-corrected chi connectivity index (χ3v) is 6.03. The summed E-state index contributed by atoms with van der Waals surface area (Å²) in [6.07, 6.45) is 1.94. The van der Waals surface area contributed by atoms with E-state index in [0.29, 0.717) is 6.42 Å². The largest absolute Gasteiger partial charge is 0.453 e. The Bertz CT molecular complexity index is 1270. The van der Waals surface area contributed by atoms with E-state index in [2.05, 4.69) is 37.0 Å². The van der Waals surface area contributed by atoms with Crippen LogP contribution >= 0.6 is 0 Å². The summed E-state index contributed by atoms with van der Waals surface area (Å²) < 4.78 is 33.9. The molecular formula is C26H23F2NO. The molecule has 0 amide bonds. The van der Waals surface area contributed by atoms with Crippen LogP contribution in [0, 0.1) is 20.8 Å². The number of hydrogen-bond acceptors (Lipinski definition) is 2. The van der Waals surface area contributed by atoms with E-state index in [4.69, 9.17) is 4.42 Å². The fourth-order valence-electron chi connectivity index (χ4n) is 4.60. The van der Waals surface area contributed by atoms with Gasteiger partial charge in [0.15, 0.2) is 5.58 Å². The zero-order valence-electron chi connectivity index (χ0n) is 17.4. The van der Waals surface area contributed by atoms with Crippen LogP contribution in [0.25, 0.3) is 33.6 Å². The third kappa shape index (κ3) is 3.20. The van der Waals surface area contributed by atoms with Crippen LogP contribution in [0.3, 0.4) is 0 Å². The van der Waals surface area contributed by atoms with Crippen molar-refractivity contribution in [1.82, 2.24) is 4.98 Å². The summed E-state index contributed by atoms with van der Waals surface area (Å²) in [5, 5.41) is 1.03. The number of furan rings is 1. The van der Waals surface area contributed by atoms with Crippen LogP contribution < -0.4 is 0 Å².